The number of amides is 2. The van der Waals surface area contributed by atoms with Crippen molar-refractivity contribution in [3.05, 3.63) is 58.7 Å². The van der Waals surface area contributed by atoms with Crippen molar-refractivity contribution in [2.45, 2.75) is 209 Å². The number of ether oxygens (including phenoxy) is 1. The van der Waals surface area contributed by atoms with Gasteiger partial charge < -0.3 is 24.6 Å². The Morgan fingerprint density at radius 1 is 0.783 bits per heavy atom. The molecule has 5 saturated carbocycles. The summed E-state index contributed by atoms with van der Waals surface area (Å²) in [6, 6.07) is 10.3. The van der Waals surface area contributed by atoms with Crippen LogP contribution in [0.1, 0.15) is 195 Å². The molecular weight excluding hydrogens is 863 g/mol. The third-order valence-corrected chi connectivity index (χ3v) is 22.6. The summed E-state index contributed by atoms with van der Waals surface area (Å²) in [5.74, 6) is 1.87. The minimum absolute atomic E-state index is 0.00126. The normalized spacial score (nSPS) is 40.7. The van der Waals surface area contributed by atoms with Gasteiger partial charge in [-0.3, -0.25) is 14.4 Å². The number of hydrogen-bond donors (Lipinski definition) is 2. The second-order valence-corrected chi connectivity index (χ2v) is 26.5. The molecule has 13 atom stereocenters. The zero-order valence-electron chi connectivity index (χ0n) is 44.0. The number of carbonyl (C=O) groups is 4. The van der Waals surface area contributed by atoms with Crippen LogP contribution in [0.15, 0.2) is 41.5 Å². The van der Waals surface area contributed by atoms with Gasteiger partial charge in [-0.25, -0.2) is 4.79 Å². The Morgan fingerprint density at radius 3 is 2.07 bits per heavy atom. The fourth-order valence-electron chi connectivity index (χ4n) is 19.2. The summed E-state index contributed by atoms with van der Waals surface area (Å²) < 4.78 is 8.21. The largest absolute Gasteiger partial charge is 0.481 e. The van der Waals surface area contributed by atoms with Gasteiger partial charge in [0.15, 0.2) is 5.78 Å². The molecule has 2 N–H and O–H groups in total. The SMILES string of the molecule is Cc1nnc(C(C)C)n1C1C[C@H]2CC[C@@H](C1)N2C(=O)N[C@@]12CC[C@]3(C)[C@H](CC[C@@H]4[C@]5(C)CC[C@H]([C@@]6(C(=O)O)C[C@@H](C(=O)OCc7ccccc7)C6(C)C)C(C)(C)[C@H]5CC[C@]43C)C1=C(C(C)C)C(=O)C2. The monoisotopic (exact) mass is 946 g/mol. The minimum atomic E-state index is -1.03. The number of ketones is 1. The first-order valence-electron chi connectivity index (χ1n) is 27.1. The highest BCUT2D eigenvalue weighted by Crippen LogP contribution is 2.79. The number of benzene rings is 1. The number of carbonyl (C=O) groups excluding carboxylic acids is 3. The molecule has 7 fully saturated rings. The summed E-state index contributed by atoms with van der Waals surface area (Å²) in [4.78, 5) is 59.3. The van der Waals surface area contributed by atoms with Crippen molar-refractivity contribution in [3.63, 3.8) is 0 Å². The van der Waals surface area contributed by atoms with Crippen LogP contribution < -0.4 is 5.32 Å². The van der Waals surface area contributed by atoms with Gasteiger partial charge in [0.05, 0.1) is 16.9 Å². The fraction of sp³-hybridized carbons (Fsp3) is 0.759. The van der Waals surface area contributed by atoms with Crippen molar-refractivity contribution >= 4 is 23.8 Å². The predicted molar refractivity (Wildman–Crippen MR) is 266 cm³/mol. The molecule has 1 aromatic carbocycles. The number of hydrogen-bond acceptors (Lipinski definition) is 7. The Labute approximate surface area is 412 Å². The summed E-state index contributed by atoms with van der Waals surface area (Å²) in [6.07, 6.45) is 12.1. The topological polar surface area (TPSA) is 144 Å². The summed E-state index contributed by atoms with van der Waals surface area (Å²) in [5.41, 5.74) is 0.325. The van der Waals surface area contributed by atoms with E-state index < -0.39 is 28.3 Å². The molecule has 10 rings (SSSR count). The van der Waals surface area contributed by atoms with Crippen molar-refractivity contribution in [1.82, 2.24) is 25.0 Å². The molecule has 0 spiro atoms. The molecule has 11 nitrogen and oxygen atoms in total. The van der Waals surface area contributed by atoms with Crippen LogP contribution in [0.3, 0.4) is 0 Å². The maximum Gasteiger partial charge on any atom is 0.318 e. The lowest BCUT2D eigenvalue weighted by molar-refractivity contribution is -0.261. The zero-order chi connectivity index (χ0) is 49.6. The molecule has 2 aliphatic heterocycles. The second kappa shape index (κ2) is 16.2. The third kappa shape index (κ3) is 6.67. The number of urea groups is 1. The molecule has 2 bridgehead atoms. The van der Waals surface area contributed by atoms with Crippen LogP contribution >= 0.6 is 0 Å². The van der Waals surface area contributed by atoms with Gasteiger partial charge in [-0.1, -0.05) is 106 Å². The highest BCUT2D eigenvalue weighted by Gasteiger charge is 2.76. The van der Waals surface area contributed by atoms with E-state index in [1.54, 1.807) is 0 Å². The lowest BCUT2D eigenvalue weighted by Crippen LogP contribution is -2.71. The molecule has 3 heterocycles. The number of carboxylic acids is 1. The van der Waals surface area contributed by atoms with E-state index in [9.17, 15) is 19.5 Å². The van der Waals surface area contributed by atoms with E-state index in [2.05, 4.69) is 94.2 Å². The van der Waals surface area contributed by atoms with Gasteiger partial charge in [-0.2, -0.15) is 0 Å². The number of Topliss-reactive ketones (excluding diaryl/α,β-unsaturated/α-hetero) is 1. The number of carboxylic acid groups (broad SMARTS) is 1. The third-order valence-electron chi connectivity index (χ3n) is 22.6. The maximum absolute atomic E-state index is 15.0. The number of esters is 1. The Morgan fingerprint density at radius 2 is 1.45 bits per heavy atom. The van der Waals surface area contributed by atoms with E-state index in [1.807, 2.05) is 44.2 Å². The van der Waals surface area contributed by atoms with Gasteiger partial charge in [-0.05, 0) is 164 Å². The van der Waals surface area contributed by atoms with Gasteiger partial charge in [0.25, 0.3) is 0 Å². The van der Waals surface area contributed by atoms with Crippen molar-refractivity contribution in [3.8, 4) is 0 Å². The first-order valence-corrected chi connectivity index (χ1v) is 27.1. The number of rotatable bonds is 9. The molecule has 69 heavy (non-hydrogen) atoms. The number of nitrogens with zero attached hydrogens (tertiary/aromatic N) is 4. The van der Waals surface area contributed by atoms with Crippen LogP contribution in [0.4, 0.5) is 4.79 Å². The number of piperidine rings is 1. The summed E-state index contributed by atoms with van der Waals surface area (Å²) in [6.45, 7) is 27.4. The molecule has 2 saturated heterocycles. The van der Waals surface area contributed by atoms with Gasteiger partial charge in [0, 0.05) is 30.5 Å². The zero-order valence-corrected chi connectivity index (χ0v) is 44.0. The number of aryl methyl sites for hydroxylation is 1. The summed E-state index contributed by atoms with van der Waals surface area (Å²) in [7, 11) is 0. The first-order chi connectivity index (χ1) is 32.4. The number of fused-ring (bicyclic) bond motifs is 9. The molecule has 0 radical (unpaired) electrons. The molecular formula is C58H83N5O6. The van der Waals surface area contributed by atoms with Crippen LogP contribution in [-0.2, 0) is 25.7 Å². The second-order valence-electron chi connectivity index (χ2n) is 26.5. The standard InChI is InChI=1S/C58H83N5O6/c1-33(2)46-42(64)31-57(59-51(68)63-37-18-19-38(63)29-39(28-37)62-35(5)60-61-48(62)34(3)4)27-26-55(11)40(47(46)57)20-21-45-54(10)24-22-44(52(6,7)43(54)23-25-56(45,55)12)58(50(66)67)30-41(53(58,8)9)49(65)69-32-36-16-14-13-15-17-36/h13-17,33-34,37-41,43-45H,18-32H2,1-12H3,(H,59,68)(H,66,67)/t37-,38+,39?,40-,41+,43-,44+,45-,54-,55-,56-,57-,58-/m1/s1. The molecule has 8 aliphatic rings. The minimum Gasteiger partial charge on any atom is -0.481 e. The van der Waals surface area contributed by atoms with Crippen LogP contribution in [0, 0.1) is 74.9 Å². The molecule has 11 heteroatoms. The summed E-state index contributed by atoms with van der Waals surface area (Å²) in [5, 5.41) is 24.1. The molecule has 6 aliphatic carbocycles. The van der Waals surface area contributed by atoms with E-state index in [4.69, 9.17) is 4.74 Å². The van der Waals surface area contributed by atoms with Crippen molar-refractivity contribution in [2.75, 3.05) is 0 Å². The number of aliphatic carboxylic acids is 1. The lowest BCUT2D eigenvalue weighted by Gasteiger charge is -2.74. The van der Waals surface area contributed by atoms with Gasteiger partial charge >= 0.3 is 18.0 Å². The Hall–Kier alpha value is -4.02. The van der Waals surface area contributed by atoms with Gasteiger partial charge in [0.1, 0.15) is 18.3 Å². The van der Waals surface area contributed by atoms with Crippen molar-refractivity contribution < 1.29 is 29.0 Å². The van der Waals surface area contributed by atoms with Crippen molar-refractivity contribution in [2.24, 2.45) is 68.0 Å². The highest BCUT2D eigenvalue weighted by molar-refractivity contribution is 6.02. The molecule has 1 unspecified atom stereocenters. The Kier molecular flexibility index (Phi) is 11.4. The Bertz CT molecular complexity index is 2440. The van der Waals surface area contributed by atoms with Crippen LogP contribution in [0.2, 0.25) is 0 Å². The molecule has 2 aromatic rings. The van der Waals surface area contributed by atoms with Crippen LogP contribution in [-0.4, -0.2) is 66.1 Å². The first kappa shape index (κ1) is 48.6. The van der Waals surface area contributed by atoms with E-state index in [0.717, 1.165) is 99.8 Å². The number of allylic oxidation sites excluding steroid dienone is 1. The van der Waals surface area contributed by atoms with E-state index >= 15 is 4.79 Å². The molecule has 2 amide bonds. The highest BCUT2D eigenvalue weighted by atomic mass is 16.5. The average molecular weight is 946 g/mol. The van der Waals surface area contributed by atoms with Crippen LogP contribution in [0.5, 0.6) is 0 Å². The van der Waals surface area contributed by atoms with Gasteiger partial charge in [0.2, 0.25) is 0 Å². The quantitative estimate of drug-likeness (QED) is 0.237. The Balaban J connectivity index is 0.897. The van der Waals surface area contributed by atoms with Crippen molar-refractivity contribution in [1.29, 1.82) is 0 Å². The lowest BCUT2D eigenvalue weighted by atomic mass is 9.30. The van der Waals surface area contributed by atoms with Crippen LogP contribution in [0.25, 0.3) is 0 Å². The number of nitrogens with one attached hydrogen (secondary N) is 1. The predicted octanol–water partition coefficient (Wildman–Crippen LogP) is 11.8. The van der Waals surface area contributed by atoms with E-state index in [-0.39, 0.29) is 87.8 Å². The summed E-state index contributed by atoms with van der Waals surface area (Å²) >= 11 is 0. The number of aromatic nitrogens is 3. The molecule has 376 valence electrons. The maximum atomic E-state index is 15.0. The van der Waals surface area contributed by atoms with E-state index in [1.165, 1.54) is 5.57 Å². The van der Waals surface area contributed by atoms with Gasteiger partial charge in [-0.15, -0.1) is 10.2 Å². The molecule has 1 aromatic heterocycles. The fourth-order valence-corrected chi connectivity index (χ4v) is 19.2. The van der Waals surface area contributed by atoms with E-state index in [0.29, 0.717) is 24.7 Å². The smallest absolute Gasteiger partial charge is 0.318 e. The average Bonchev–Trinajstić information content (AvgIpc) is 3.91.